The van der Waals surface area contributed by atoms with E-state index in [1.54, 1.807) is 0 Å². The first-order chi connectivity index (χ1) is 4.22. The van der Waals surface area contributed by atoms with Gasteiger partial charge in [-0.05, 0) is 13.0 Å². The predicted molar refractivity (Wildman–Crippen MR) is 35.8 cm³/mol. The van der Waals surface area contributed by atoms with Crippen LogP contribution in [0.5, 0.6) is 0 Å². The van der Waals surface area contributed by atoms with Crippen LogP contribution in [0.1, 0.15) is 6.42 Å². The number of aliphatic carboxylic acids is 1. The van der Waals surface area contributed by atoms with Gasteiger partial charge in [0.25, 0.3) is 0 Å². The molecule has 1 saturated heterocycles. The van der Waals surface area contributed by atoms with E-state index in [0.29, 0.717) is 13.0 Å². The first-order valence-corrected chi connectivity index (χ1v) is 2.86. The van der Waals surface area contributed by atoms with Crippen molar-refractivity contribution in [2.45, 2.75) is 18.6 Å². The van der Waals surface area contributed by atoms with E-state index < -0.39 is 18.1 Å². The molecule has 0 saturated carbocycles. The molecule has 3 N–H and O–H groups in total. The van der Waals surface area contributed by atoms with E-state index in [9.17, 15) is 4.79 Å². The topological polar surface area (TPSA) is 69.6 Å². The van der Waals surface area contributed by atoms with Crippen LogP contribution in [0, 0.1) is 0 Å². The predicted octanol–water partition coefficient (Wildman–Crippen LogP) is -1.59. The monoisotopic (exact) mass is 154 g/mol. The summed E-state index contributed by atoms with van der Waals surface area (Å²) in [6.07, 6.45) is -0.167. The summed E-state index contributed by atoms with van der Waals surface area (Å²) < 4.78 is 0. The molecule has 1 fully saturated rings. The molecule has 0 unspecified atom stereocenters. The summed E-state index contributed by atoms with van der Waals surface area (Å²) in [4.78, 5) is 10.2. The Morgan fingerprint density at radius 2 is 2.20 bits per heavy atom. The van der Waals surface area contributed by atoms with Gasteiger partial charge in [-0.3, -0.25) is 4.79 Å². The maximum atomic E-state index is 10.2. The second-order valence-electron chi connectivity index (χ2n) is 2.13. The number of carboxylic acid groups (broad SMARTS) is 1. The second-order valence-corrected chi connectivity index (χ2v) is 2.13. The summed E-state index contributed by atoms with van der Waals surface area (Å²) in [5, 5.41) is 19.9. The zero-order chi connectivity index (χ0) is 6.85. The van der Waals surface area contributed by atoms with Gasteiger partial charge < -0.3 is 15.5 Å². The third-order valence-corrected chi connectivity index (χ3v) is 1.46. The van der Waals surface area contributed by atoms with Crippen molar-refractivity contribution in [3.8, 4) is 0 Å². The van der Waals surface area contributed by atoms with Gasteiger partial charge in [0.1, 0.15) is 6.04 Å². The molecule has 2 atom stereocenters. The van der Waals surface area contributed by atoms with Gasteiger partial charge in [-0.25, -0.2) is 0 Å². The SMILES string of the molecule is O=C(O)[C@H]1NCC[C@H]1O.[Na]. The van der Waals surface area contributed by atoms with Crippen molar-refractivity contribution in [3.63, 3.8) is 0 Å². The van der Waals surface area contributed by atoms with Gasteiger partial charge in [-0.15, -0.1) is 0 Å². The van der Waals surface area contributed by atoms with Crippen LogP contribution in [0.4, 0.5) is 0 Å². The van der Waals surface area contributed by atoms with E-state index in [-0.39, 0.29) is 29.6 Å². The Balaban J connectivity index is 0.000000810. The van der Waals surface area contributed by atoms with Crippen LogP contribution in [0.15, 0.2) is 0 Å². The smallest absolute Gasteiger partial charge is 0.323 e. The fraction of sp³-hybridized carbons (Fsp3) is 0.800. The number of hydrogen-bond acceptors (Lipinski definition) is 3. The Morgan fingerprint density at radius 3 is 2.40 bits per heavy atom. The molecule has 0 aromatic heterocycles. The molecule has 10 heavy (non-hydrogen) atoms. The third kappa shape index (κ3) is 2.21. The van der Waals surface area contributed by atoms with Gasteiger partial charge in [0.15, 0.2) is 0 Å². The minimum Gasteiger partial charge on any atom is -0.480 e. The van der Waals surface area contributed by atoms with E-state index in [0.717, 1.165) is 0 Å². The third-order valence-electron chi connectivity index (χ3n) is 1.46. The number of rotatable bonds is 1. The maximum Gasteiger partial charge on any atom is 0.323 e. The van der Waals surface area contributed by atoms with Crippen LogP contribution in [-0.2, 0) is 4.79 Å². The molecular formula is C5H9NNaO3. The molecule has 0 aliphatic carbocycles. The fourth-order valence-electron chi connectivity index (χ4n) is 0.941. The van der Waals surface area contributed by atoms with Gasteiger partial charge in [-0.2, -0.15) is 0 Å². The molecule has 0 aromatic rings. The summed E-state index contributed by atoms with van der Waals surface area (Å²) in [6, 6.07) is -0.745. The van der Waals surface area contributed by atoms with Crippen molar-refractivity contribution in [1.82, 2.24) is 5.32 Å². The number of aliphatic hydroxyl groups excluding tert-OH is 1. The van der Waals surface area contributed by atoms with Gasteiger partial charge in [0.05, 0.1) is 6.10 Å². The number of aliphatic hydroxyl groups is 1. The van der Waals surface area contributed by atoms with Crippen molar-refractivity contribution in [2.24, 2.45) is 0 Å². The first kappa shape index (κ1) is 10.4. The van der Waals surface area contributed by atoms with Crippen LogP contribution in [0.3, 0.4) is 0 Å². The molecule has 1 radical (unpaired) electrons. The summed E-state index contributed by atoms with van der Waals surface area (Å²) in [5.41, 5.74) is 0. The standard InChI is InChI=1S/C5H9NO3.Na/c7-3-1-2-6-4(3)5(8)9;/h3-4,6-7H,1-2H2,(H,8,9);/t3-,4+;/m1./s1. The molecule has 1 heterocycles. The normalized spacial score (nSPS) is 31.3. The summed E-state index contributed by atoms with van der Waals surface area (Å²) in [6.45, 7) is 0.595. The Morgan fingerprint density at radius 1 is 1.60 bits per heavy atom. The zero-order valence-corrected chi connectivity index (χ0v) is 7.87. The van der Waals surface area contributed by atoms with E-state index in [1.165, 1.54) is 0 Å². The van der Waals surface area contributed by atoms with Crippen molar-refractivity contribution in [1.29, 1.82) is 0 Å². The van der Waals surface area contributed by atoms with Gasteiger partial charge >= 0.3 is 5.97 Å². The average molecular weight is 154 g/mol. The van der Waals surface area contributed by atoms with Crippen LogP contribution < -0.4 is 5.32 Å². The molecule has 5 heteroatoms. The molecule has 0 spiro atoms. The number of nitrogens with one attached hydrogen (secondary N) is 1. The van der Waals surface area contributed by atoms with E-state index >= 15 is 0 Å². The molecule has 1 aliphatic heterocycles. The molecule has 1 rings (SSSR count). The molecule has 0 amide bonds. The Hall–Kier alpha value is 0.390. The molecule has 0 bridgehead atoms. The minimum atomic E-state index is -0.972. The largest absolute Gasteiger partial charge is 0.480 e. The number of hydrogen-bond donors (Lipinski definition) is 3. The molecule has 53 valence electrons. The Bertz CT molecular complexity index is 130. The molecule has 0 aromatic carbocycles. The summed E-state index contributed by atoms with van der Waals surface area (Å²) >= 11 is 0. The van der Waals surface area contributed by atoms with Crippen molar-refractivity contribution in [2.75, 3.05) is 6.54 Å². The fourth-order valence-corrected chi connectivity index (χ4v) is 0.941. The quantitative estimate of drug-likeness (QED) is 0.398. The zero-order valence-electron chi connectivity index (χ0n) is 5.87. The van der Waals surface area contributed by atoms with Crippen LogP contribution in [0.2, 0.25) is 0 Å². The van der Waals surface area contributed by atoms with Crippen molar-refractivity contribution in [3.05, 3.63) is 0 Å². The number of carboxylic acids is 1. The van der Waals surface area contributed by atoms with E-state index in [1.807, 2.05) is 0 Å². The Kier molecular flexibility index (Phi) is 4.47. The molecule has 4 nitrogen and oxygen atoms in total. The minimum absolute atomic E-state index is 0. The van der Waals surface area contributed by atoms with Crippen LogP contribution in [0.25, 0.3) is 0 Å². The van der Waals surface area contributed by atoms with Crippen molar-refractivity contribution >= 4 is 35.5 Å². The average Bonchev–Trinajstić information content (AvgIpc) is 2.13. The second kappa shape index (κ2) is 4.31. The van der Waals surface area contributed by atoms with Crippen LogP contribution in [-0.4, -0.2) is 64.4 Å². The van der Waals surface area contributed by atoms with E-state index in [4.69, 9.17) is 10.2 Å². The molecular weight excluding hydrogens is 145 g/mol. The Labute approximate surface area is 80.9 Å². The van der Waals surface area contributed by atoms with E-state index in [2.05, 4.69) is 5.32 Å². The summed E-state index contributed by atoms with van der Waals surface area (Å²) in [5.74, 6) is -0.972. The maximum absolute atomic E-state index is 10.2. The first-order valence-electron chi connectivity index (χ1n) is 2.86. The summed E-state index contributed by atoms with van der Waals surface area (Å²) in [7, 11) is 0. The van der Waals surface area contributed by atoms with Gasteiger partial charge in [0, 0.05) is 29.6 Å². The van der Waals surface area contributed by atoms with Crippen molar-refractivity contribution < 1.29 is 15.0 Å². The van der Waals surface area contributed by atoms with Gasteiger partial charge in [-0.1, -0.05) is 0 Å². The van der Waals surface area contributed by atoms with Gasteiger partial charge in [0.2, 0.25) is 0 Å². The van der Waals surface area contributed by atoms with Crippen LogP contribution >= 0.6 is 0 Å². The molecule has 1 aliphatic rings. The number of carbonyl (C=O) groups is 1.